The molecule has 0 bridgehead atoms. The fourth-order valence-electron chi connectivity index (χ4n) is 1.21. The van der Waals surface area contributed by atoms with Crippen LogP contribution >= 0.6 is 0 Å². The zero-order chi connectivity index (χ0) is 9.97. The molecule has 0 spiro atoms. The average molecular weight is 192 g/mol. The monoisotopic (exact) mass is 192 g/mol. The van der Waals surface area contributed by atoms with Crippen LogP contribution in [0.25, 0.3) is 0 Å². The summed E-state index contributed by atoms with van der Waals surface area (Å²) in [6.07, 6.45) is -0.0506. The Kier molecular flexibility index (Phi) is 2.50. The third-order valence-electron chi connectivity index (χ3n) is 2.19. The largest absolute Gasteiger partial charge is 0.456 e. The standard InChI is InChI=1S/C11H12O3/c1-8(10-7-13-10)14-11(12)9-5-3-2-4-6-9/h2-6,8,10H,7H2,1H3. The molecule has 74 valence electrons. The van der Waals surface area contributed by atoms with Gasteiger partial charge in [0, 0.05) is 0 Å². The van der Waals surface area contributed by atoms with Gasteiger partial charge in [0.15, 0.2) is 0 Å². The van der Waals surface area contributed by atoms with Gasteiger partial charge in [-0.25, -0.2) is 4.79 Å². The number of carbonyl (C=O) groups excluding carboxylic acids is 1. The van der Waals surface area contributed by atoms with Crippen molar-refractivity contribution in [2.75, 3.05) is 6.61 Å². The van der Waals surface area contributed by atoms with Crippen LogP contribution in [0.1, 0.15) is 17.3 Å². The number of ether oxygens (including phenoxy) is 2. The molecule has 0 amide bonds. The van der Waals surface area contributed by atoms with E-state index in [1.165, 1.54) is 0 Å². The molecule has 0 aromatic heterocycles. The molecule has 2 rings (SSSR count). The Labute approximate surface area is 82.6 Å². The van der Waals surface area contributed by atoms with E-state index in [1.54, 1.807) is 12.1 Å². The molecule has 1 saturated heterocycles. The summed E-state index contributed by atoms with van der Waals surface area (Å²) in [6.45, 7) is 2.54. The van der Waals surface area contributed by atoms with E-state index < -0.39 is 0 Å². The summed E-state index contributed by atoms with van der Waals surface area (Å²) < 4.78 is 10.2. The summed E-state index contributed by atoms with van der Waals surface area (Å²) in [4.78, 5) is 11.5. The van der Waals surface area contributed by atoms with Crippen LogP contribution in [-0.2, 0) is 9.47 Å². The van der Waals surface area contributed by atoms with E-state index >= 15 is 0 Å². The van der Waals surface area contributed by atoms with E-state index in [-0.39, 0.29) is 18.2 Å². The van der Waals surface area contributed by atoms with Crippen molar-refractivity contribution >= 4 is 5.97 Å². The predicted molar refractivity (Wildman–Crippen MR) is 51.1 cm³/mol. The second-order valence-corrected chi connectivity index (χ2v) is 3.35. The number of benzene rings is 1. The van der Waals surface area contributed by atoms with E-state index in [4.69, 9.17) is 9.47 Å². The molecule has 1 aromatic rings. The van der Waals surface area contributed by atoms with Crippen molar-refractivity contribution in [2.45, 2.75) is 19.1 Å². The molecule has 0 aliphatic carbocycles. The van der Waals surface area contributed by atoms with Gasteiger partial charge in [-0.05, 0) is 19.1 Å². The average Bonchev–Trinajstić information content (AvgIpc) is 3.02. The lowest BCUT2D eigenvalue weighted by Crippen LogP contribution is -2.20. The van der Waals surface area contributed by atoms with E-state index in [1.807, 2.05) is 25.1 Å². The summed E-state index contributed by atoms with van der Waals surface area (Å²) >= 11 is 0. The summed E-state index contributed by atoms with van der Waals surface area (Å²) in [6, 6.07) is 8.97. The number of rotatable bonds is 3. The fourth-order valence-corrected chi connectivity index (χ4v) is 1.21. The highest BCUT2D eigenvalue weighted by Crippen LogP contribution is 2.17. The van der Waals surface area contributed by atoms with Gasteiger partial charge in [0.2, 0.25) is 0 Å². The lowest BCUT2D eigenvalue weighted by molar-refractivity contribution is 0.0278. The maximum Gasteiger partial charge on any atom is 0.338 e. The van der Waals surface area contributed by atoms with Crippen molar-refractivity contribution in [3.8, 4) is 0 Å². The minimum absolute atomic E-state index is 0.0997. The Morgan fingerprint density at radius 3 is 2.71 bits per heavy atom. The zero-order valence-electron chi connectivity index (χ0n) is 7.97. The Morgan fingerprint density at radius 1 is 1.50 bits per heavy atom. The van der Waals surface area contributed by atoms with Gasteiger partial charge in [-0.1, -0.05) is 18.2 Å². The maximum atomic E-state index is 11.5. The molecule has 1 fully saturated rings. The van der Waals surface area contributed by atoms with Gasteiger partial charge in [-0.15, -0.1) is 0 Å². The van der Waals surface area contributed by atoms with Crippen LogP contribution in [0, 0.1) is 0 Å². The van der Waals surface area contributed by atoms with Crippen LogP contribution < -0.4 is 0 Å². The Morgan fingerprint density at radius 2 is 2.14 bits per heavy atom. The maximum absolute atomic E-state index is 11.5. The van der Waals surface area contributed by atoms with Crippen molar-refractivity contribution in [3.05, 3.63) is 35.9 Å². The third kappa shape index (κ3) is 2.12. The van der Waals surface area contributed by atoms with Gasteiger partial charge >= 0.3 is 5.97 Å². The first-order valence-corrected chi connectivity index (χ1v) is 4.65. The van der Waals surface area contributed by atoms with E-state index in [0.717, 1.165) is 0 Å². The van der Waals surface area contributed by atoms with Crippen LogP contribution in [0.4, 0.5) is 0 Å². The first-order chi connectivity index (χ1) is 6.77. The van der Waals surface area contributed by atoms with Crippen LogP contribution in [0.5, 0.6) is 0 Å². The molecule has 1 aromatic carbocycles. The molecule has 2 atom stereocenters. The molecule has 1 aliphatic rings. The molecular formula is C11H12O3. The zero-order valence-corrected chi connectivity index (χ0v) is 7.97. The van der Waals surface area contributed by atoms with Gasteiger partial charge < -0.3 is 9.47 Å². The summed E-state index contributed by atoms with van der Waals surface area (Å²) in [5.74, 6) is -0.284. The molecule has 1 aliphatic heterocycles. The van der Waals surface area contributed by atoms with Crippen LogP contribution in [0.2, 0.25) is 0 Å². The van der Waals surface area contributed by atoms with Gasteiger partial charge in [0.05, 0.1) is 12.2 Å². The number of hydrogen-bond acceptors (Lipinski definition) is 3. The molecule has 3 heteroatoms. The Balaban J connectivity index is 1.95. The Hall–Kier alpha value is -1.35. The second-order valence-electron chi connectivity index (χ2n) is 3.35. The molecule has 0 N–H and O–H groups in total. The van der Waals surface area contributed by atoms with Gasteiger partial charge in [0.25, 0.3) is 0 Å². The van der Waals surface area contributed by atoms with Gasteiger partial charge in [-0.3, -0.25) is 0 Å². The lowest BCUT2D eigenvalue weighted by atomic mass is 10.2. The van der Waals surface area contributed by atoms with Crippen LogP contribution in [-0.4, -0.2) is 24.8 Å². The van der Waals surface area contributed by atoms with Gasteiger partial charge in [-0.2, -0.15) is 0 Å². The van der Waals surface area contributed by atoms with Crippen molar-refractivity contribution in [2.24, 2.45) is 0 Å². The van der Waals surface area contributed by atoms with Crippen molar-refractivity contribution < 1.29 is 14.3 Å². The SMILES string of the molecule is CC(OC(=O)c1ccccc1)C1CO1. The minimum atomic E-state index is -0.284. The molecule has 0 radical (unpaired) electrons. The summed E-state index contributed by atoms with van der Waals surface area (Å²) in [5.41, 5.74) is 0.583. The van der Waals surface area contributed by atoms with Gasteiger partial charge in [0.1, 0.15) is 12.2 Å². The molecule has 3 nitrogen and oxygen atoms in total. The first kappa shape index (κ1) is 9.21. The predicted octanol–water partition coefficient (Wildman–Crippen LogP) is 1.63. The quantitative estimate of drug-likeness (QED) is 0.539. The Bertz CT molecular complexity index is 317. The van der Waals surface area contributed by atoms with Crippen molar-refractivity contribution in [3.63, 3.8) is 0 Å². The van der Waals surface area contributed by atoms with E-state index in [9.17, 15) is 4.79 Å². The molecular weight excluding hydrogens is 180 g/mol. The summed E-state index contributed by atoms with van der Waals surface area (Å²) in [5, 5.41) is 0. The molecule has 1 heterocycles. The van der Waals surface area contributed by atoms with E-state index in [0.29, 0.717) is 12.2 Å². The molecule has 0 saturated carbocycles. The van der Waals surface area contributed by atoms with E-state index in [2.05, 4.69) is 0 Å². The number of carbonyl (C=O) groups is 1. The number of epoxide rings is 1. The highest BCUT2D eigenvalue weighted by Gasteiger charge is 2.32. The topological polar surface area (TPSA) is 38.8 Å². The van der Waals surface area contributed by atoms with Crippen molar-refractivity contribution in [1.29, 1.82) is 0 Å². The summed E-state index contributed by atoms with van der Waals surface area (Å²) in [7, 11) is 0. The van der Waals surface area contributed by atoms with Crippen LogP contribution in [0.3, 0.4) is 0 Å². The molecule has 14 heavy (non-hydrogen) atoms. The second kappa shape index (κ2) is 3.80. The normalized spacial score (nSPS) is 21.4. The third-order valence-corrected chi connectivity index (χ3v) is 2.19. The number of esters is 1. The number of hydrogen-bond donors (Lipinski definition) is 0. The smallest absolute Gasteiger partial charge is 0.338 e. The minimum Gasteiger partial charge on any atom is -0.456 e. The van der Waals surface area contributed by atoms with Crippen molar-refractivity contribution in [1.82, 2.24) is 0 Å². The highest BCUT2D eigenvalue weighted by molar-refractivity contribution is 5.89. The fraction of sp³-hybridized carbons (Fsp3) is 0.364. The van der Waals surface area contributed by atoms with Crippen LogP contribution in [0.15, 0.2) is 30.3 Å². The highest BCUT2D eigenvalue weighted by atomic mass is 16.6. The first-order valence-electron chi connectivity index (χ1n) is 4.65. The lowest BCUT2D eigenvalue weighted by Gasteiger charge is -2.09. The molecule has 2 unspecified atom stereocenters.